The summed E-state index contributed by atoms with van der Waals surface area (Å²) in [6, 6.07) is 16.1. The van der Waals surface area contributed by atoms with E-state index in [0.717, 1.165) is 23.5 Å². The highest BCUT2D eigenvalue weighted by Crippen LogP contribution is 2.25. The number of guanidine groups is 1. The Labute approximate surface area is 215 Å². The molecule has 2 rings (SSSR count). The Kier molecular flexibility index (Phi) is 12.0. The highest BCUT2D eigenvalue weighted by atomic mass is 127. The molecular formula is C25H37IN4O3. The lowest BCUT2D eigenvalue weighted by molar-refractivity contribution is -0.127. The summed E-state index contributed by atoms with van der Waals surface area (Å²) in [5.74, 6) is 2.24. The van der Waals surface area contributed by atoms with Crippen molar-refractivity contribution in [2.75, 3.05) is 47.9 Å². The summed E-state index contributed by atoms with van der Waals surface area (Å²) in [6.45, 7) is 5.74. The van der Waals surface area contributed by atoms with Crippen molar-refractivity contribution in [2.24, 2.45) is 4.99 Å². The third kappa shape index (κ3) is 9.49. The molecule has 2 N–H and O–H groups in total. The van der Waals surface area contributed by atoms with E-state index in [4.69, 9.17) is 9.47 Å². The van der Waals surface area contributed by atoms with Gasteiger partial charge in [0.2, 0.25) is 5.91 Å². The van der Waals surface area contributed by atoms with Crippen LogP contribution in [0.5, 0.6) is 11.5 Å². The molecule has 0 heterocycles. The van der Waals surface area contributed by atoms with E-state index in [1.807, 2.05) is 42.5 Å². The summed E-state index contributed by atoms with van der Waals surface area (Å²) in [5, 5.41) is 6.75. The van der Waals surface area contributed by atoms with Crippen molar-refractivity contribution >= 4 is 35.8 Å². The normalized spacial score (nSPS) is 11.3. The number of ether oxygens (including phenoxy) is 2. The molecule has 0 bridgehead atoms. The lowest BCUT2D eigenvalue weighted by atomic mass is 9.84. The van der Waals surface area contributed by atoms with E-state index in [9.17, 15) is 4.79 Å². The van der Waals surface area contributed by atoms with E-state index in [-0.39, 0.29) is 41.8 Å². The summed E-state index contributed by atoms with van der Waals surface area (Å²) < 4.78 is 10.6. The number of rotatable bonds is 10. The minimum atomic E-state index is -0.168. The number of benzene rings is 2. The van der Waals surface area contributed by atoms with Crippen LogP contribution in [0.25, 0.3) is 0 Å². The maximum Gasteiger partial charge on any atom is 0.243 e. The molecule has 182 valence electrons. The summed E-state index contributed by atoms with van der Waals surface area (Å²) in [6.07, 6.45) is 0.825. The third-order valence-electron chi connectivity index (χ3n) is 5.29. The van der Waals surface area contributed by atoms with Gasteiger partial charge in [-0.05, 0) is 41.8 Å². The van der Waals surface area contributed by atoms with Crippen LogP contribution in [-0.2, 0) is 16.6 Å². The van der Waals surface area contributed by atoms with E-state index < -0.39 is 0 Å². The summed E-state index contributed by atoms with van der Waals surface area (Å²) in [5.41, 5.74) is 2.18. The molecule has 1 amide bonds. The number of amides is 1. The molecule has 2 aromatic rings. The second-order valence-corrected chi connectivity index (χ2v) is 8.45. The molecule has 0 radical (unpaired) electrons. The van der Waals surface area contributed by atoms with Crippen molar-refractivity contribution < 1.29 is 14.3 Å². The molecule has 0 unspecified atom stereocenters. The molecule has 8 heteroatoms. The highest BCUT2D eigenvalue weighted by Gasteiger charge is 2.21. The van der Waals surface area contributed by atoms with Crippen LogP contribution in [-0.4, -0.2) is 64.7 Å². The van der Waals surface area contributed by atoms with Crippen LogP contribution in [0, 0.1) is 0 Å². The smallest absolute Gasteiger partial charge is 0.243 e. The van der Waals surface area contributed by atoms with E-state index in [1.54, 1.807) is 33.2 Å². The first kappa shape index (κ1) is 28.5. The van der Waals surface area contributed by atoms with Crippen LogP contribution in [0.1, 0.15) is 25.0 Å². The first-order valence-corrected chi connectivity index (χ1v) is 10.7. The number of carbonyl (C=O) groups excluding carboxylic acids is 1. The van der Waals surface area contributed by atoms with Crippen molar-refractivity contribution in [1.29, 1.82) is 0 Å². The van der Waals surface area contributed by atoms with Gasteiger partial charge >= 0.3 is 0 Å². The zero-order valence-electron chi connectivity index (χ0n) is 20.5. The van der Waals surface area contributed by atoms with Gasteiger partial charge in [-0.3, -0.25) is 4.79 Å². The molecule has 0 aliphatic heterocycles. The summed E-state index contributed by atoms with van der Waals surface area (Å²) in [7, 11) is 6.79. The lowest BCUT2D eigenvalue weighted by Crippen LogP contribution is -2.44. The van der Waals surface area contributed by atoms with Crippen molar-refractivity contribution in [3.05, 3.63) is 59.7 Å². The average molecular weight is 569 g/mol. The molecule has 7 nitrogen and oxygen atoms in total. The number of methoxy groups -OCH3 is 2. The third-order valence-corrected chi connectivity index (χ3v) is 5.29. The molecule has 2 aromatic carbocycles. The van der Waals surface area contributed by atoms with Crippen molar-refractivity contribution in [1.82, 2.24) is 15.5 Å². The number of hydrogen-bond donors (Lipinski definition) is 2. The fraction of sp³-hybridized carbons (Fsp3) is 0.440. The van der Waals surface area contributed by atoms with Gasteiger partial charge < -0.3 is 25.0 Å². The molecule has 33 heavy (non-hydrogen) atoms. The topological polar surface area (TPSA) is 75.2 Å². The fourth-order valence-electron chi connectivity index (χ4n) is 3.03. The van der Waals surface area contributed by atoms with Gasteiger partial charge in [-0.25, -0.2) is 4.99 Å². The van der Waals surface area contributed by atoms with Crippen LogP contribution in [0.3, 0.4) is 0 Å². The van der Waals surface area contributed by atoms with Gasteiger partial charge in [0.05, 0.1) is 14.2 Å². The molecule has 0 saturated heterocycles. The molecule has 0 fully saturated rings. The van der Waals surface area contributed by atoms with E-state index in [0.29, 0.717) is 19.0 Å². The average Bonchev–Trinajstić information content (AvgIpc) is 2.80. The minimum Gasteiger partial charge on any atom is -0.497 e. The molecule has 0 aromatic heterocycles. The first-order valence-electron chi connectivity index (χ1n) is 10.7. The van der Waals surface area contributed by atoms with E-state index in [1.165, 1.54) is 5.56 Å². The van der Waals surface area contributed by atoms with Gasteiger partial charge in [0.15, 0.2) is 5.96 Å². The first-order chi connectivity index (χ1) is 15.2. The van der Waals surface area contributed by atoms with Crippen LogP contribution < -0.4 is 20.1 Å². The lowest BCUT2D eigenvalue weighted by Gasteiger charge is -2.27. The number of nitrogens with zero attached hydrogens (tertiary/aromatic N) is 2. The van der Waals surface area contributed by atoms with Gasteiger partial charge in [-0.2, -0.15) is 0 Å². The number of halogens is 1. The Morgan fingerprint density at radius 1 is 1.00 bits per heavy atom. The molecule has 0 saturated carbocycles. The SMILES string of the molecule is COc1ccc(CCNC(=NCC(=O)N(C)C)NCC(C)(C)c2cccc(OC)c2)cc1.I. The van der Waals surface area contributed by atoms with E-state index >= 15 is 0 Å². The Balaban J connectivity index is 0.00000544. The Morgan fingerprint density at radius 3 is 2.27 bits per heavy atom. The second-order valence-electron chi connectivity index (χ2n) is 8.45. The van der Waals surface area contributed by atoms with Crippen LogP contribution in [0.4, 0.5) is 0 Å². The maximum absolute atomic E-state index is 12.0. The minimum absolute atomic E-state index is 0. The van der Waals surface area contributed by atoms with Crippen LogP contribution in [0.2, 0.25) is 0 Å². The molecule has 0 spiro atoms. The Bertz CT molecular complexity index is 899. The van der Waals surface area contributed by atoms with Gasteiger partial charge in [0.1, 0.15) is 18.0 Å². The number of hydrogen-bond acceptors (Lipinski definition) is 4. The van der Waals surface area contributed by atoms with Gasteiger partial charge in [-0.1, -0.05) is 38.1 Å². The highest BCUT2D eigenvalue weighted by molar-refractivity contribution is 14.0. The van der Waals surface area contributed by atoms with Crippen LogP contribution in [0.15, 0.2) is 53.5 Å². The van der Waals surface area contributed by atoms with Crippen molar-refractivity contribution in [3.63, 3.8) is 0 Å². The number of carbonyl (C=O) groups is 1. The van der Waals surface area contributed by atoms with Crippen LogP contribution >= 0.6 is 24.0 Å². The molecule has 0 aliphatic rings. The zero-order valence-corrected chi connectivity index (χ0v) is 22.8. The summed E-state index contributed by atoms with van der Waals surface area (Å²) >= 11 is 0. The largest absolute Gasteiger partial charge is 0.497 e. The van der Waals surface area contributed by atoms with Gasteiger partial charge in [-0.15, -0.1) is 24.0 Å². The van der Waals surface area contributed by atoms with Gasteiger partial charge in [0.25, 0.3) is 0 Å². The predicted molar refractivity (Wildman–Crippen MR) is 145 cm³/mol. The monoisotopic (exact) mass is 568 g/mol. The van der Waals surface area contributed by atoms with Crippen molar-refractivity contribution in [3.8, 4) is 11.5 Å². The zero-order chi connectivity index (χ0) is 23.6. The summed E-state index contributed by atoms with van der Waals surface area (Å²) in [4.78, 5) is 18.1. The Hall–Kier alpha value is -2.49. The number of nitrogens with one attached hydrogen (secondary N) is 2. The molecular weight excluding hydrogens is 531 g/mol. The quantitative estimate of drug-likeness (QED) is 0.261. The Morgan fingerprint density at radius 2 is 1.67 bits per heavy atom. The number of likely N-dealkylation sites (N-methyl/N-ethyl adjacent to an activating group) is 1. The molecule has 0 aliphatic carbocycles. The van der Waals surface area contributed by atoms with Gasteiger partial charge in [0, 0.05) is 32.6 Å². The predicted octanol–water partition coefficient (Wildman–Crippen LogP) is 3.47. The standard InChI is InChI=1S/C25H36N4O3.HI/c1-25(2,20-8-7-9-22(16-20)32-6)18-28-24(27-17-23(30)29(3)4)26-15-14-19-10-12-21(31-5)13-11-19;/h7-13,16H,14-15,17-18H2,1-6H3,(H2,26,27,28);1H. The van der Waals surface area contributed by atoms with E-state index in [2.05, 4.69) is 35.5 Å². The van der Waals surface area contributed by atoms with Crippen molar-refractivity contribution in [2.45, 2.75) is 25.7 Å². The second kappa shape index (κ2) is 13.9. The number of aliphatic imine (C=N–C) groups is 1. The molecule has 0 atom stereocenters. The maximum atomic E-state index is 12.0. The fourth-order valence-corrected chi connectivity index (χ4v) is 3.03.